The van der Waals surface area contributed by atoms with Crippen LogP contribution in [0, 0.1) is 11.3 Å². The standard InChI is InChI=1S/C15H15N5O/c16-10-13-5-3-12(4-6-13)7-8-15(21)17-9-1-2-14-18-11-19-20-14/h3-8,11H,1-2,9H2,(H,17,21)(H,18,19,20). The van der Waals surface area contributed by atoms with Crippen molar-refractivity contribution in [2.24, 2.45) is 0 Å². The van der Waals surface area contributed by atoms with Gasteiger partial charge in [-0.2, -0.15) is 10.4 Å². The summed E-state index contributed by atoms with van der Waals surface area (Å²) in [5.41, 5.74) is 1.48. The van der Waals surface area contributed by atoms with Crippen molar-refractivity contribution >= 4 is 12.0 Å². The number of nitrogens with zero attached hydrogens (tertiary/aromatic N) is 3. The number of H-pyrrole nitrogens is 1. The number of hydrogen-bond donors (Lipinski definition) is 2. The van der Waals surface area contributed by atoms with Crippen LogP contribution in [0.3, 0.4) is 0 Å². The van der Waals surface area contributed by atoms with Gasteiger partial charge in [-0.15, -0.1) is 0 Å². The first-order chi connectivity index (χ1) is 10.3. The van der Waals surface area contributed by atoms with Crippen LogP contribution in [0.25, 0.3) is 6.08 Å². The predicted molar refractivity (Wildman–Crippen MR) is 77.9 cm³/mol. The number of carbonyl (C=O) groups excluding carboxylic acids is 1. The first kappa shape index (κ1) is 14.5. The van der Waals surface area contributed by atoms with Crippen LogP contribution in [-0.2, 0) is 11.2 Å². The fourth-order valence-corrected chi connectivity index (χ4v) is 1.72. The fraction of sp³-hybridized carbons (Fsp3) is 0.200. The topological polar surface area (TPSA) is 94.5 Å². The van der Waals surface area contributed by atoms with Gasteiger partial charge in [-0.25, -0.2) is 4.98 Å². The molecule has 6 heteroatoms. The zero-order valence-corrected chi connectivity index (χ0v) is 11.4. The lowest BCUT2D eigenvalue weighted by Gasteiger charge is -2.00. The number of rotatable bonds is 6. The van der Waals surface area contributed by atoms with Crippen LogP contribution in [0.15, 0.2) is 36.7 Å². The third-order valence-corrected chi connectivity index (χ3v) is 2.82. The minimum Gasteiger partial charge on any atom is -0.353 e. The fourth-order valence-electron chi connectivity index (χ4n) is 1.72. The van der Waals surface area contributed by atoms with Crippen molar-refractivity contribution < 1.29 is 4.79 Å². The summed E-state index contributed by atoms with van der Waals surface area (Å²) in [5, 5.41) is 18.0. The van der Waals surface area contributed by atoms with Crippen LogP contribution < -0.4 is 5.32 Å². The lowest BCUT2D eigenvalue weighted by atomic mass is 10.1. The van der Waals surface area contributed by atoms with E-state index in [0.29, 0.717) is 12.1 Å². The summed E-state index contributed by atoms with van der Waals surface area (Å²) in [6.07, 6.45) is 6.21. The minimum absolute atomic E-state index is 0.142. The highest BCUT2D eigenvalue weighted by Gasteiger charge is 1.98. The van der Waals surface area contributed by atoms with Gasteiger partial charge in [-0.3, -0.25) is 9.89 Å². The van der Waals surface area contributed by atoms with E-state index in [4.69, 9.17) is 5.26 Å². The Kier molecular flexibility index (Phi) is 5.24. The molecule has 0 aliphatic rings. The number of amides is 1. The highest BCUT2D eigenvalue weighted by Crippen LogP contribution is 2.04. The van der Waals surface area contributed by atoms with E-state index in [0.717, 1.165) is 24.2 Å². The summed E-state index contributed by atoms with van der Waals surface area (Å²) in [7, 11) is 0. The van der Waals surface area contributed by atoms with Crippen LogP contribution in [0.4, 0.5) is 0 Å². The molecule has 1 amide bonds. The van der Waals surface area contributed by atoms with Crippen molar-refractivity contribution in [1.82, 2.24) is 20.5 Å². The second-order valence-electron chi connectivity index (χ2n) is 4.39. The van der Waals surface area contributed by atoms with Crippen molar-refractivity contribution in [1.29, 1.82) is 5.26 Å². The maximum absolute atomic E-state index is 11.6. The van der Waals surface area contributed by atoms with Crippen LogP contribution in [0.5, 0.6) is 0 Å². The molecule has 0 spiro atoms. The molecule has 2 N–H and O–H groups in total. The molecule has 6 nitrogen and oxygen atoms in total. The molecule has 106 valence electrons. The van der Waals surface area contributed by atoms with Gasteiger partial charge in [0, 0.05) is 19.0 Å². The molecular weight excluding hydrogens is 266 g/mol. The number of nitriles is 1. The molecule has 2 rings (SSSR count). The van der Waals surface area contributed by atoms with Gasteiger partial charge in [-0.1, -0.05) is 12.1 Å². The Labute approximate surface area is 122 Å². The number of aromatic amines is 1. The third kappa shape index (κ3) is 4.91. The zero-order valence-electron chi connectivity index (χ0n) is 11.4. The van der Waals surface area contributed by atoms with Crippen molar-refractivity contribution in [3.05, 3.63) is 53.6 Å². The molecule has 0 unspecified atom stereocenters. The van der Waals surface area contributed by atoms with Gasteiger partial charge in [0.05, 0.1) is 11.6 Å². The highest BCUT2D eigenvalue weighted by molar-refractivity contribution is 5.91. The lowest BCUT2D eigenvalue weighted by molar-refractivity contribution is -0.116. The average molecular weight is 281 g/mol. The Morgan fingerprint density at radius 2 is 2.19 bits per heavy atom. The molecule has 21 heavy (non-hydrogen) atoms. The van der Waals surface area contributed by atoms with Gasteiger partial charge in [0.15, 0.2) is 0 Å². The number of benzene rings is 1. The monoisotopic (exact) mass is 281 g/mol. The predicted octanol–water partition coefficient (Wildman–Crippen LogP) is 1.44. The van der Waals surface area contributed by atoms with Gasteiger partial charge in [0.25, 0.3) is 0 Å². The first-order valence-electron chi connectivity index (χ1n) is 6.58. The van der Waals surface area contributed by atoms with E-state index in [9.17, 15) is 4.79 Å². The molecular formula is C15H15N5O. The molecule has 0 aliphatic carbocycles. The molecule has 1 aromatic heterocycles. The Morgan fingerprint density at radius 1 is 1.38 bits per heavy atom. The molecule has 0 saturated heterocycles. The summed E-state index contributed by atoms with van der Waals surface area (Å²) in [6, 6.07) is 9.08. The van der Waals surface area contributed by atoms with Crippen molar-refractivity contribution in [2.75, 3.05) is 6.54 Å². The third-order valence-electron chi connectivity index (χ3n) is 2.82. The maximum Gasteiger partial charge on any atom is 0.243 e. The van der Waals surface area contributed by atoms with Gasteiger partial charge >= 0.3 is 0 Å². The first-order valence-corrected chi connectivity index (χ1v) is 6.58. The van der Waals surface area contributed by atoms with E-state index >= 15 is 0 Å². The number of aryl methyl sites for hydroxylation is 1. The van der Waals surface area contributed by atoms with E-state index in [1.807, 2.05) is 6.07 Å². The number of nitrogens with one attached hydrogen (secondary N) is 2. The molecule has 0 saturated carbocycles. The van der Waals surface area contributed by atoms with Gasteiger partial charge in [0.2, 0.25) is 5.91 Å². The Morgan fingerprint density at radius 3 is 2.86 bits per heavy atom. The number of hydrogen-bond acceptors (Lipinski definition) is 4. The molecule has 0 radical (unpaired) electrons. The van der Waals surface area contributed by atoms with Gasteiger partial charge in [0.1, 0.15) is 12.2 Å². The quantitative estimate of drug-likeness (QED) is 0.618. The lowest BCUT2D eigenvalue weighted by Crippen LogP contribution is -2.22. The Bertz CT molecular complexity index is 638. The van der Waals surface area contributed by atoms with E-state index in [2.05, 4.69) is 20.5 Å². The second kappa shape index (κ2) is 7.60. The SMILES string of the molecule is N#Cc1ccc(C=CC(=O)NCCCc2ncn[nH]2)cc1. The van der Waals surface area contributed by atoms with Gasteiger partial charge < -0.3 is 5.32 Å². The van der Waals surface area contributed by atoms with Crippen LogP contribution in [0.1, 0.15) is 23.4 Å². The summed E-state index contributed by atoms with van der Waals surface area (Å²) in [6.45, 7) is 0.581. The van der Waals surface area contributed by atoms with Crippen molar-refractivity contribution in [3.8, 4) is 6.07 Å². The summed E-state index contributed by atoms with van der Waals surface area (Å²) in [5.74, 6) is 0.675. The van der Waals surface area contributed by atoms with E-state index in [1.54, 1.807) is 30.3 Å². The molecule has 2 aromatic rings. The minimum atomic E-state index is -0.142. The number of aromatic nitrogens is 3. The highest BCUT2D eigenvalue weighted by atomic mass is 16.1. The summed E-state index contributed by atoms with van der Waals surface area (Å²) >= 11 is 0. The zero-order chi connectivity index (χ0) is 14.9. The summed E-state index contributed by atoms with van der Waals surface area (Å²) in [4.78, 5) is 15.6. The Hall–Kier alpha value is -2.94. The molecule has 0 fully saturated rings. The van der Waals surface area contributed by atoms with E-state index in [-0.39, 0.29) is 5.91 Å². The van der Waals surface area contributed by atoms with Crippen LogP contribution >= 0.6 is 0 Å². The molecule has 0 aliphatic heterocycles. The van der Waals surface area contributed by atoms with Crippen LogP contribution in [-0.4, -0.2) is 27.6 Å². The maximum atomic E-state index is 11.6. The Balaban J connectivity index is 1.71. The smallest absolute Gasteiger partial charge is 0.243 e. The van der Waals surface area contributed by atoms with E-state index < -0.39 is 0 Å². The molecule has 1 aromatic carbocycles. The average Bonchev–Trinajstić information content (AvgIpc) is 3.03. The van der Waals surface area contributed by atoms with Crippen molar-refractivity contribution in [2.45, 2.75) is 12.8 Å². The molecule has 0 bridgehead atoms. The van der Waals surface area contributed by atoms with E-state index in [1.165, 1.54) is 12.4 Å². The normalized spacial score (nSPS) is 10.4. The molecule has 1 heterocycles. The largest absolute Gasteiger partial charge is 0.353 e. The number of carbonyl (C=O) groups is 1. The van der Waals surface area contributed by atoms with Crippen LogP contribution in [0.2, 0.25) is 0 Å². The summed E-state index contributed by atoms with van der Waals surface area (Å²) < 4.78 is 0. The van der Waals surface area contributed by atoms with Gasteiger partial charge in [-0.05, 0) is 30.2 Å². The molecule has 0 atom stereocenters. The van der Waals surface area contributed by atoms with Crippen molar-refractivity contribution in [3.63, 3.8) is 0 Å². The second-order valence-corrected chi connectivity index (χ2v) is 4.39.